The second-order valence-corrected chi connectivity index (χ2v) is 3.92. The van der Waals surface area contributed by atoms with Crippen molar-refractivity contribution in [2.45, 2.75) is 0 Å². The minimum Gasteiger partial charge on any atom is -0.496 e. The van der Waals surface area contributed by atoms with Gasteiger partial charge in [-0.1, -0.05) is 11.6 Å². The van der Waals surface area contributed by atoms with Crippen LogP contribution in [0.1, 0.15) is 10.6 Å². The molecule has 1 heterocycles. The Hall–Kier alpha value is -2.01. The quantitative estimate of drug-likeness (QED) is 0.867. The molecule has 1 N–H and O–H groups in total. The highest BCUT2D eigenvalue weighted by molar-refractivity contribution is 6.30. The van der Waals surface area contributed by atoms with Crippen LogP contribution in [0.25, 0.3) is 11.3 Å². The van der Waals surface area contributed by atoms with Crippen molar-refractivity contribution in [1.29, 1.82) is 0 Å². The number of aromatic amines is 1. The first-order valence-electron chi connectivity index (χ1n) is 5.13. The van der Waals surface area contributed by atoms with Crippen LogP contribution in [0.4, 0.5) is 0 Å². The van der Waals surface area contributed by atoms with Gasteiger partial charge in [0.15, 0.2) is 0 Å². The van der Waals surface area contributed by atoms with Gasteiger partial charge >= 0.3 is 5.97 Å². The molecule has 18 heavy (non-hydrogen) atoms. The van der Waals surface area contributed by atoms with Gasteiger partial charge in [-0.25, -0.2) is 9.78 Å². The van der Waals surface area contributed by atoms with E-state index in [1.165, 1.54) is 13.3 Å². The summed E-state index contributed by atoms with van der Waals surface area (Å²) >= 11 is 5.94. The number of carbonyl (C=O) groups excluding carboxylic acids is 1. The Morgan fingerprint density at radius 3 is 2.83 bits per heavy atom. The predicted octanol–water partition coefficient (Wildman–Crippen LogP) is 2.53. The molecule has 0 spiro atoms. The number of hydrogen-bond acceptors (Lipinski definition) is 4. The number of rotatable bonds is 3. The van der Waals surface area contributed by atoms with E-state index in [9.17, 15) is 4.79 Å². The van der Waals surface area contributed by atoms with Crippen molar-refractivity contribution in [2.24, 2.45) is 0 Å². The van der Waals surface area contributed by atoms with E-state index >= 15 is 0 Å². The summed E-state index contributed by atoms with van der Waals surface area (Å²) in [6.07, 6.45) is 1.53. The molecule has 94 valence electrons. The van der Waals surface area contributed by atoms with Gasteiger partial charge in [0, 0.05) is 10.6 Å². The SMILES string of the molecule is COC(=O)c1ncc(-c2cc(Cl)ccc2OC)[nH]1. The number of carbonyl (C=O) groups is 1. The third kappa shape index (κ3) is 2.31. The number of halogens is 1. The zero-order valence-electron chi connectivity index (χ0n) is 9.86. The molecule has 5 nitrogen and oxygen atoms in total. The highest BCUT2D eigenvalue weighted by Crippen LogP contribution is 2.31. The lowest BCUT2D eigenvalue weighted by Gasteiger charge is -2.06. The second-order valence-electron chi connectivity index (χ2n) is 3.48. The second kappa shape index (κ2) is 5.10. The van der Waals surface area contributed by atoms with Crippen LogP contribution in [0.3, 0.4) is 0 Å². The normalized spacial score (nSPS) is 10.2. The number of imidazole rings is 1. The van der Waals surface area contributed by atoms with Crippen LogP contribution < -0.4 is 4.74 Å². The fourth-order valence-electron chi connectivity index (χ4n) is 1.55. The lowest BCUT2D eigenvalue weighted by Crippen LogP contribution is -2.03. The van der Waals surface area contributed by atoms with Crippen molar-refractivity contribution in [3.05, 3.63) is 35.2 Å². The van der Waals surface area contributed by atoms with Crippen molar-refractivity contribution < 1.29 is 14.3 Å². The summed E-state index contributed by atoms with van der Waals surface area (Å²) in [4.78, 5) is 18.1. The Morgan fingerprint density at radius 2 is 2.17 bits per heavy atom. The molecule has 0 bridgehead atoms. The van der Waals surface area contributed by atoms with E-state index in [1.807, 2.05) is 0 Å². The van der Waals surface area contributed by atoms with E-state index in [-0.39, 0.29) is 5.82 Å². The molecule has 2 aromatic rings. The molecule has 0 saturated carbocycles. The first-order valence-corrected chi connectivity index (χ1v) is 5.50. The van der Waals surface area contributed by atoms with Crippen molar-refractivity contribution in [3.8, 4) is 17.0 Å². The van der Waals surface area contributed by atoms with E-state index in [4.69, 9.17) is 16.3 Å². The fraction of sp³-hybridized carbons (Fsp3) is 0.167. The molecule has 0 amide bonds. The van der Waals surface area contributed by atoms with Gasteiger partial charge in [-0.15, -0.1) is 0 Å². The average molecular weight is 267 g/mol. The van der Waals surface area contributed by atoms with E-state index in [0.29, 0.717) is 16.5 Å². The molecule has 0 saturated heterocycles. The standard InChI is InChI=1S/C12H11ClN2O3/c1-17-10-4-3-7(13)5-8(10)9-6-14-11(15-9)12(16)18-2/h3-6H,1-2H3,(H,14,15). The Labute approximate surface area is 109 Å². The smallest absolute Gasteiger partial charge is 0.374 e. The maximum atomic E-state index is 11.3. The monoisotopic (exact) mass is 266 g/mol. The molecule has 1 aromatic carbocycles. The average Bonchev–Trinajstić information content (AvgIpc) is 2.87. The molecule has 0 atom stereocenters. The summed E-state index contributed by atoms with van der Waals surface area (Å²) < 4.78 is 9.80. The van der Waals surface area contributed by atoms with Gasteiger partial charge in [0.05, 0.1) is 26.1 Å². The molecule has 2 rings (SSSR count). The van der Waals surface area contributed by atoms with E-state index in [1.54, 1.807) is 25.3 Å². The number of hydrogen-bond donors (Lipinski definition) is 1. The Kier molecular flexibility index (Phi) is 3.53. The fourth-order valence-corrected chi connectivity index (χ4v) is 1.72. The number of nitrogens with one attached hydrogen (secondary N) is 1. The third-order valence-electron chi connectivity index (χ3n) is 2.41. The topological polar surface area (TPSA) is 64.2 Å². The maximum Gasteiger partial charge on any atom is 0.374 e. The summed E-state index contributed by atoms with van der Waals surface area (Å²) in [6, 6.07) is 5.20. The van der Waals surface area contributed by atoms with Crippen LogP contribution in [0.5, 0.6) is 5.75 Å². The number of ether oxygens (including phenoxy) is 2. The molecular formula is C12H11ClN2O3. The minimum atomic E-state index is -0.526. The number of methoxy groups -OCH3 is 2. The Bertz CT molecular complexity index is 580. The predicted molar refractivity (Wildman–Crippen MR) is 66.9 cm³/mol. The van der Waals surface area contributed by atoms with E-state index in [2.05, 4.69) is 14.7 Å². The highest BCUT2D eigenvalue weighted by Gasteiger charge is 2.14. The summed E-state index contributed by atoms with van der Waals surface area (Å²) in [6.45, 7) is 0. The highest BCUT2D eigenvalue weighted by atomic mass is 35.5. The number of aromatic nitrogens is 2. The van der Waals surface area contributed by atoms with Gasteiger partial charge in [0.2, 0.25) is 5.82 Å². The molecule has 0 aliphatic rings. The molecule has 0 aliphatic carbocycles. The van der Waals surface area contributed by atoms with Crippen LogP contribution >= 0.6 is 11.6 Å². The van der Waals surface area contributed by atoms with Crippen molar-refractivity contribution >= 4 is 17.6 Å². The van der Waals surface area contributed by atoms with E-state index < -0.39 is 5.97 Å². The molecule has 0 aliphatic heterocycles. The zero-order chi connectivity index (χ0) is 13.1. The maximum absolute atomic E-state index is 11.3. The van der Waals surface area contributed by atoms with Gasteiger partial charge in [0.25, 0.3) is 0 Å². The molecule has 1 aromatic heterocycles. The molecule has 0 unspecified atom stereocenters. The first kappa shape index (κ1) is 12.4. The number of esters is 1. The summed E-state index contributed by atoms with van der Waals surface area (Å²) in [7, 11) is 2.86. The van der Waals surface area contributed by atoms with Crippen LogP contribution in [-0.4, -0.2) is 30.2 Å². The summed E-state index contributed by atoms with van der Waals surface area (Å²) in [5.74, 6) is 0.247. The lowest BCUT2D eigenvalue weighted by atomic mass is 10.1. The van der Waals surface area contributed by atoms with Crippen LogP contribution in [-0.2, 0) is 4.74 Å². The zero-order valence-corrected chi connectivity index (χ0v) is 10.6. The first-order chi connectivity index (χ1) is 8.65. The van der Waals surface area contributed by atoms with Gasteiger partial charge in [-0.2, -0.15) is 0 Å². The molecular weight excluding hydrogens is 256 g/mol. The summed E-state index contributed by atoms with van der Waals surface area (Å²) in [5, 5.41) is 0.569. The largest absolute Gasteiger partial charge is 0.496 e. The van der Waals surface area contributed by atoms with Gasteiger partial charge < -0.3 is 14.5 Å². The van der Waals surface area contributed by atoms with E-state index in [0.717, 1.165) is 5.56 Å². The third-order valence-corrected chi connectivity index (χ3v) is 2.64. The number of benzene rings is 1. The van der Waals surface area contributed by atoms with Crippen LogP contribution in [0.2, 0.25) is 5.02 Å². The molecule has 0 radical (unpaired) electrons. The number of nitrogens with zero attached hydrogens (tertiary/aromatic N) is 1. The molecule has 0 fully saturated rings. The minimum absolute atomic E-state index is 0.134. The van der Waals surface area contributed by atoms with Crippen molar-refractivity contribution in [1.82, 2.24) is 9.97 Å². The van der Waals surface area contributed by atoms with Gasteiger partial charge in [-0.3, -0.25) is 0 Å². The number of H-pyrrole nitrogens is 1. The lowest BCUT2D eigenvalue weighted by molar-refractivity contribution is 0.0588. The Balaban J connectivity index is 2.45. The van der Waals surface area contributed by atoms with Crippen molar-refractivity contribution in [2.75, 3.05) is 14.2 Å². The van der Waals surface area contributed by atoms with Gasteiger partial charge in [0.1, 0.15) is 5.75 Å². The van der Waals surface area contributed by atoms with Gasteiger partial charge in [-0.05, 0) is 18.2 Å². The Morgan fingerprint density at radius 1 is 1.39 bits per heavy atom. The van der Waals surface area contributed by atoms with Crippen LogP contribution in [0.15, 0.2) is 24.4 Å². The molecule has 6 heteroatoms. The summed E-state index contributed by atoms with van der Waals surface area (Å²) in [5.41, 5.74) is 1.36. The van der Waals surface area contributed by atoms with Crippen molar-refractivity contribution in [3.63, 3.8) is 0 Å². The van der Waals surface area contributed by atoms with Crippen LogP contribution in [0, 0.1) is 0 Å².